The van der Waals surface area contributed by atoms with Gasteiger partial charge in [-0.05, 0) is 42.7 Å². The van der Waals surface area contributed by atoms with E-state index in [-0.39, 0.29) is 35.2 Å². The lowest BCUT2D eigenvalue weighted by atomic mass is 9.74. The first-order valence-corrected chi connectivity index (χ1v) is 9.40. The monoisotopic (exact) mass is 500 g/mol. The molecule has 1 fully saturated rings. The van der Waals surface area contributed by atoms with Crippen molar-refractivity contribution in [1.29, 1.82) is 0 Å². The molecule has 1 aromatic carbocycles. The molecule has 154 valence electrons. The number of ether oxygens (including phenoxy) is 1. The van der Waals surface area contributed by atoms with Gasteiger partial charge in [0.25, 0.3) is 0 Å². The van der Waals surface area contributed by atoms with E-state index >= 15 is 0 Å². The van der Waals surface area contributed by atoms with Gasteiger partial charge in [-0.25, -0.2) is 4.39 Å². The standard InChI is InChI=1S/C21H29FN4O.HI/c1-23-20(26(3)15-19-5-4-12-25(19)2)24-16-21(10-13-27-14-11-21)17-6-8-18(22)9-7-17;/h4-9,12H,10-11,13-16H2,1-3H3,(H,23,24);1H. The minimum Gasteiger partial charge on any atom is -0.381 e. The number of hydrogen-bond acceptors (Lipinski definition) is 2. The number of aromatic nitrogens is 1. The first-order chi connectivity index (χ1) is 13.0. The van der Waals surface area contributed by atoms with Crippen molar-refractivity contribution < 1.29 is 9.13 Å². The number of guanidine groups is 1. The molecule has 7 heteroatoms. The molecule has 2 heterocycles. The molecule has 1 aliphatic rings. The third-order valence-corrected chi connectivity index (χ3v) is 5.52. The summed E-state index contributed by atoms with van der Waals surface area (Å²) in [4.78, 5) is 6.57. The van der Waals surface area contributed by atoms with Crippen molar-refractivity contribution in [2.24, 2.45) is 12.0 Å². The van der Waals surface area contributed by atoms with Gasteiger partial charge in [-0.15, -0.1) is 24.0 Å². The number of nitrogens with one attached hydrogen (secondary N) is 1. The van der Waals surface area contributed by atoms with E-state index < -0.39 is 0 Å². The van der Waals surface area contributed by atoms with Crippen molar-refractivity contribution in [3.8, 4) is 0 Å². The van der Waals surface area contributed by atoms with Crippen molar-refractivity contribution in [1.82, 2.24) is 14.8 Å². The van der Waals surface area contributed by atoms with Crippen LogP contribution in [0.25, 0.3) is 0 Å². The highest BCUT2D eigenvalue weighted by Gasteiger charge is 2.34. The van der Waals surface area contributed by atoms with Gasteiger partial charge >= 0.3 is 0 Å². The fourth-order valence-electron chi connectivity index (χ4n) is 3.74. The molecule has 0 spiro atoms. The second-order valence-electron chi connectivity index (χ2n) is 7.27. The average Bonchev–Trinajstić information content (AvgIpc) is 3.08. The second-order valence-corrected chi connectivity index (χ2v) is 7.27. The van der Waals surface area contributed by atoms with Gasteiger partial charge < -0.3 is 19.5 Å². The largest absolute Gasteiger partial charge is 0.381 e. The molecule has 5 nitrogen and oxygen atoms in total. The Morgan fingerprint density at radius 2 is 1.93 bits per heavy atom. The maximum Gasteiger partial charge on any atom is 0.193 e. The lowest BCUT2D eigenvalue weighted by Crippen LogP contribution is -2.48. The summed E-state index contributed by atoms with van der Waals surface area (Å²) in [5, 5.41) is 3.54. The van der Waals surface area contributed by atoms with Crippen LogP contribution in [0.5, 0.6) is 0 Å². The van der Waals surface area contributed by atoms with Crippen LogP contribution < -0.4 is 5.32 Å². The number of rotatable bonds is 5. The first kappa shape index (κ1) is 22.7. The second kappa shape index (κ2) is 10.2. The highest BCUT2D eigenvalue weighted by Crippen LogP contribution is 2.34. The minimum absolute atomic E-state index is 0. The summed E-state index contributed by atoms with van der Waals surface area (Å²) in [6, 6.07) is 11.1. The van der Waals surface area contributed by atoms with Crippen molar-refractivity contribution >= 4 is 29.9 Å². The molecular formula is C21H30FIN4O. The van der Waals surface area contributed by atoms with Crippen LogP contribution in [0, 0.1) is 5.82 Å². The maximum atomic E-state index is 13.4. The molecule has 1 saturated heterocycles. The summed E-state index contributed by atoms with van der Waals surface area (Å²) in [5.74, 6) is 0.649. The molecule has 0 bridgehead atoms. The van der Waals surface area contributed by atoms with E-state index in [1.165, 1.54) is 5.69 Å². The highest BCUT2D eigenvalue weighted by atomic mass is 127. The van der Waals surface area contributed by atoms with Crippen LogP contribution in [0.15, 0.2) is 47.6 Å². The highest BCUT2D eigenvalue weighted by molar-refractivity contribution is 14.0. The number of nitrogens with zero attached hydrogens (tertiary/aromatic N) is 3. The fourth-order valence-corrected chi connectivity index (χ4v) is 3.74. The third kappa shape index (κ3) is 5.26. The molecule has 0 amide bonds. The fraction of sp³-hybridized carbons (Fsp3) is 0.476. The molecule has 0 atom stereocenters. The molecular weight excluding hydrogens is 470 g/mol. The summed E-state index contributed by atoms with van der Waals surface area (Å²) in [6.07, 6.45) is 3.86. The van der Waals surface area contributed by atoms with E-state index in [2.05, 4.69) is 25.8 Å². The van der Waals surface area contributed by atoms with Gasteiger partial charge in [-0.2, -0.15) is 0 Å². The van der Waals surface area contributed by atoms with E-state index in [1.54, 1.807) is 19.2 Å². The summed E-state index contributed by atoms with van der Waals surface area (Å²) < 4.78 is 21.1. The predicted molar refractivity (Wildman–Crippen MR) is 122 cm³/mol. The van der Waals surface area contributed by atoms with Crippen molar-refractivity contribution in [2.45, 2.75) is 24.8 Å². The predicted octanol–water partition coefficient (Wildman–Crippen LogP) is 3.54. The van der Waals surface area contributed by atoms with E-state index in [0.29, 0.717) is 0 Å². The van der Waals surface area contributed by atoms with E-state index in [9.17, 15) is 4.39 Å². The van der Waals surface area contributed by atoms with Crippen LogP contribution in [0.4, 0.5) is 4.39 Å². The van der Waals surface area contributed by atoms with Gasteiger partial charge in [0.2, 0.25) is 0 Å². The van der Waals surface area contributed by atoms with Crippen LogP contribution in [0.2, 0.25) is 0 Å². The van der Waals surface area contributed by atoms with Crippen LogP contribution in [-0.4, -0.2) is 49.3 Å². The molecule has 0 aliphatic carbocycles. The van der Waals surface area contributed by atoms with Crippen molar-refractivity contribution in [2.75, 3.05) is 33.9 Å². The number of halogens is 2. The van der Waals surface area contributed by atoms with Crippen molar-refractivity contribution in [3.05, 3.63) is 59.7 Å². The normalized spacial score (nSPS) is 16.4. The van der Waals surface area contributed by atoms with E-state index in [4.69, 9.17) is 4.74 Å². The SMILES string of the molecule is CN=C(NCC1(c2ccc(F)cc2)CCOCC1)N(C)Cc1cccn1C.I. The summed E-state index contributed by atoms with van der Waals surface area (Å²) in [5.41, 5.74) is 2.30. The van der Waals surface area contributed by atoms with Gasteiger partial charge in [0.05, 0.1) is 6.54 Å². The lowest BCUT2D eigenvalue weighted by Gasteiger charge is -2.39. The van der Waals surface area contributed by atoms with Crippen LogP contribution in [-0.2, 0) is 23.7 Å². The number of hydrogen-bond donors (Lipinski definition) is 1. The molecule has 0 radical (unpaired) electrons. The van der Waals surface area contributed by atoms with Crippen LogP contribution in [0.1, 0.15) is 24.1 Å². The van der Waals surface area contributed by atoms with Crippen LogP contribution in [0.3, 0.4) is 0 Å². The smallest absolute Gasteiger partial charge is 0.193 e. The first-order valence-electron chi connectivity index (χ1n) is 9.40. The summed E-state index contributed by atoms with van der Waals surface area (Å²) >= 11 is 0. The Kier molecular flexibility index (Phi) is 8.30. The summed E-state index contributed by atoms with van der Waals surface area (Å²) in [6.45, 7) is 2.95. The molecule has 1 aliphatic heterocycles. The molecule has 3 rings (SSSR count). The average molecular weight is 500 g/mol. The Morgan fingerprint density at radius 3 is 2.50 bits per heavy atom. The molecule has 0 unspecified atom stereocenters. The van der Waals surface area contributed by atoms with Crippen molar-refractivity contribution in [3.63, 3.8) is 0 Å². The number of benzene rings is 1. The van der Waals surface area contributed by atoms with E-state index in [1.807, 2.05) is 38.5 Å². The minimum atomic E-state index is -0.202. The van der Waals surface area contributed by atoms with Gasteiger partial charge in [0.15, 0.2) is 5.96 Å². The Hall–Kier alpha value is -1.61. The van der Waals surface area contributed by atoms with Gasteiger partial charge in [-0.1, -0.05) is 12.1 Å². The third-order valence-electron chi connectivity index (χ3n) is 5.52. The lowest BCUT2D eigenvalue weighted by molar-refractivity contribution is 0.0512. The Balaban J connectivity index is 0.00000280. The molecule has 1 aromatic heterocycles. The molecule has 0 saturated carbocycles. The zero-order chi connectivity index (χ0) is 19.3. The van der Waals surface area contributed by atoms with Gasteiger partial charge in [0, 0.05) is 58.2 Å². The molecule has 1 N–H and O–H groups in total. The summed E-state index contributed by atoms with van der Waals surface area (Å²) in [7, 11) is 5.89. The quantitative estimate of drug-likeness (QED) is 0.388. The topological polar surface area (TPSA) is 41.8 Å². The molecule has 28 heavy (non-hydrogen) atoms. The zero-order valence-corrected chi connectivity index (χ0v) is 19.2. The Bertz CT molecular complexity index is 769. The Morgan fingerprint density at radius 1 is 1.25 bits per heavy atom. The number of aliphatic imine (C=N–C) groups is 1. The number of aryl methyl sites for hydroxylation is 1. The Labute approximate surface area is 184 Å². The zero-order valence-electron chi connectivity index (χ0n) is 16.8. The van der Waals surface area contributed by atoms with E-state index in [0.717, 1.165) is 50.7 Å². The maximum absolute atomic E-state index is 13.4. The van der Waals surface area contributed by atoms with Gasteiger partial charge in [-0.3, -0.25) is 4.99 Å². The molecule has 2 aromatic rings. The van der Waals surface area contributed by atoms with Crippen LogP contribution >= 0.6 is 24.0 Å². The van der Waals surface area contributed by atoms with Gasteiger partial charge in [0.1, 0.15) is 5.82 Å².